The SMILES string of the molecule is CCC(C)C(NC(=O)C(N)C(C)C)C(=O)NC(CC(=O)O)C(=O)NC(C(=O)O)C(C)C. The van der Waals surface area contributed by atoms with E-state index in [1.807, 2.05) is 0 Å². The number of nitrogens with one attached hydrogen (secondary N) is 3. The van der Waals surface area contributed by atoms with Crippen molar-refractivity contribution in [2.24, 2.45) is 23.5 Å². The average molecular weight is 445 g/mol. The molecule has 3 amide bonds. The van der Waals surface area contributed by atoms with Gasteiger partial charge in [-0.1, -0.05) is 48.0 Å². The lowest BCUT2D eigenvalue weighted by atomic mass is 9.96. The van der Waals surface area contributed by atoms with Crippen LogP contribution >= 0.6 is 0 Å². The molecule has 0 saturated carbocycles. The largest absolute Gasteiger partial charge is 0.481 e. The highest BCUT2D eigenvalue weighted by atomic mass is 16.4. The summed E-state index contributed by atoms with van der Waals surface area (Å²) >= 11 is 0. The van der Waals surface area contributed by atoms with E-state index >= 15 is 0 Å². The lowest BCUT2D eigenvalue weighted by Gasteiger charge is -2.28. The van der Waals surface area contributed by atoms with E-state index in [9.17, 15) is 29.1 Å². The Morgan fingerprint density at radius 1 is 0.774 bits per heavy atom. The van der Waals surface area contributed by atoms with Gasteiger partial charge in [0.25, 0.3) is 0 Å². The monoisotopic (exact) mass is 444 g/mol. The van der Waals surface area contributed by atoms with Crippen LogP contribution in [0.15, 0.2) is 0 Å². The first-order valence-electron chi connectivity index (χ1n) is 10.3. The van der Waals surface area contributed by atoms with Crippen LogP contribution in [0.4, 0.5) is 0 Å². The van der Waals surface area contributed by atoms with Crippen LogP contribution in [0.1, 0.15) is 54.4 Å². The summed E-state index contributed by atoms with van der Waals surface area (Å²) < 4.78 is 0. The van der Waals surface area contributed by atoms with E-state index in [0.29, 0.717) is 6.42 Å². The zero-order chi connectivity index (χ0) is 24.5. The van der Waals surface area contributed by atoms with Gasteiger partial charge in [-0.15, -0.1) is 0 Å². The minimum absolute atomic E-state index is 0.171. The molecule has 5 atom stereocenters. The van der Waals surface area contributed by atoms with Crippen molar-refractivity contribution in [3.8, 4) is 0 Å². The fraction of sp³-hybridized carbons (Fsp3) is 0.750. The molecule has 0 radical (unpaired) electrons. The fourth-order valence-electron chi connectivity index (χ4n) is 2.67. The number of carboxylic acids is 2. The Bertz CT molecular complexity index is 666. The van der Waals surface area contributed by atoms with Crippen LogP contribution in [-0.2, 0) is 24.0 Å². The van der Waals surface area contributed by atoms with Crippen molar-refractivity contribution in [2.75, 3.05) is 0 Å². The first kappa shape index (κ1) is 28.3. The molecule has 0 aromatic heterocycles. The second-order valence-corrected chi connectivity index (χ2v) is 8.37. The van der Waals surface area contributed by atoms with Gasteiger partial charge < -0.3 is 31.9 Å². The van der Waals surface area contributed by atoms with Crippen LogP contribution in [0.3, 0.4) is 0 Å². The molecule has 0 rings (SSSR count). The van der Waals surface area contributed by atoms with Gasteiger partial charge in [0, 0.05) is 0 Å². The van der Waals surface area contributed by atoms with Gasteiger partial charge in [-0.3, -0.25) is 19.2 Å². The molecule has 0 aliphatic carbocycles. The number of carbonyl (C=O) groups is 5. The van der Waals surface area contributed by atoms with Crippen LogP contribution in [0.5, 0.6) is 0 Å². The zero-order valence-corrected chi connectivity index (χ0v) is 19.0. The third kappa shape index (κ3) is 9.33. The number of hydrogen-bond acceptors (Lipinski definition) is 6. The van der Waals surface area contributed by atoms with Gasteiger partial charge in [0.05, 0.1) is 12.5 Å². The van der Waals surface area contributed by atoms with Crippen molar-refractivity contribution in [3.05, 3.63) is 0 Å². The molecule has 0 aliphatic rings. The lowest BCUT2D eigenvalue weighted by molar-refractivity contribution is -0.144. The second kappa shape index (κ2) is 12.9. The highest BCUT2D eigenvalue weighted by Gasteiger charge is 2.34. The molecule has 7 N–H and O–H groups in total. The molecule has 11 heteroatoms. The summed E-state index contributed by atoms with van der Waals surface area (Å²) in [5, 5.41) is 25.6. The maximum absolute atomic E-state index is 12.9. The molecule has 0 saturated heterocycles. The van der Waals surface area contributed by atoms with Gasteiger partial charge in [-0.25, -0.2) is 4.79 Å². The number of nitrogens with two attached hydrogens (primary N) is 1. The fourth-order valence-corrected chi connectivity index (χ4v) is 2.67. The molecular weight excluding hydrogens is 408 g/mol. The summed E-state index contributed by atoms with van der Waals surface area (Å²) in [5.41, 5.74) is 5.84. The highest BCUT2D eigenvalue weighted by Crippen LogP contribution is 2.11. The Balaban J connectivity index is 5.59. The summed E-state index contributed by atoms with van der Waals surface area (Å²) in [6.07, 6.45) is -0.242. The molecule has 0 aromatic carbocycles. The summed E-state index contributed by atoms with van der Waals surface area (Å²) in [6, 6.07) is -4.67. The first-order chi connectivity index (χ1) is 14.2. The van der Waals surface area contributed by atoms with Crippen molar-refractivity contribution in [1.29, 1.82) is 0 Å². The molecular formula is C20H36N4O7. The van der Waals surface area contributed by atoms with Gasteiger partial charge in [-0.2, -0.15) is 0 Å². The molecule has 11 nitrogen and oxygen atoms in total. The lowest BCUT2D eigenvalue weighted by Crippen LogP contribution is -2.59. The Morgan fingerprint density at radius 3 is 1.68 bits per heavy atom. The van der Waals surface area contributed by atoms with Crippen molar-refractivity contribution >= 4 is 29.7 Å². The predicted molar refractivity (Wildman–Crippen MR) is 113 cm³/mol. The summed E-state index contributed by atoms with van der Waals surface area (Å²) in [5.74, 6) is -5.84. The number of carboxylic acid groups (broad SMARTS) is 2. The third-order valence-electron chi connectivity index (χ3n) is 5.06. The Hall–Kier alpha value is -2.69. The van der Waals surface area contributed by atoms with Crippen molar-refractivity contribution in [2.45, 2.75) is 78.6 Å². The van der Waals surface area contributed by atoms with Crippen LogP contribution in [0.2, 0.25) is 0 Å². The Morgan fingerprint density at radius 2 is 1.29 bits per heavy atom. The zero-order valence-electron chi connectivity index (χ0n) is 19.0. The molecule has 0 heterocycles. The number of carbonyl (C=O) groups excluding carboxylic acids is 3. The summed E-state index contributed by atoms with van der Waals surface area (Å²) in [4.78, 5) is 60.3. The normalized spacial score (nSPS) is 16.0. The molecule has 5 unspecified atom stereocenters. The van der Waals surface area contributed by atoms with E-state index in [2.05, 4.69) is 16.0 Å². The standard InChI is InChI=1S/C20H36N4O7/c1-7-11(6)16(24-18(28)14(21)9(2)3)19(29)22-12(8-13(25)26)17(27)23-15(10(4)5)20(30)31/h9-12,14-16H,7-8,21H2,1-6H3,(H,22,29)(H,23,27)(H,24,28)(H,25,26)(H,30,31). The smallest absolute Gasteiger partial charge is 0.326 e. The molecule has 178 valence electrons. The third-order valence-corrected chi connectivity index (χ3v) is 5.06. The van der Waals surface area contributed by atoms with E-state index in [-0.39, 0.29) is 11.8 Å². The van der Waals surface area contributed by atoms with E-state index in [1.54, 1.807) is 41.5 Å². The minimum Gasteiger partial charge on any atom is -0.481 e. The molecule has 0 fully saturated rings. The second-order valence-electron chi connectivity index (χ2n) is 8.37. The van der Waals surface area contributed by atoms with Gasteiger partial charge in [-0.05, 0) is 17.8 Å². The Kier molecular flexibility index (Phi) is 11.8. The van der Waals surface area contributed by atoms with E-state index in [0.717, 1.165) is 0 Å². The predicted octanol–water partition coefficient (Wildman–Crippen LogP) is -0.314. The molecule has 0 aromatic rings. The van der Waals surface area contributed by atoms with Gasteiger partial charge in [0.2, 0.25) is 17.7 Å². The maximum atomic E-state index is 12.9. The molecule has 31 heavy (non-hydrogen) atoms. The number of aliphatic carboxylic acids is 2. The number of hydrogen-bond donors (Lipinski definition) is 6. The van der Waals surface area contributed by atoms with E-state index in [4.69, 9.17) is 10.8 Å². The number of amides is 3. The summed E-state index contributed by atoms with van der Waals surface area (Å²) in [7, 11) is 0. The molecule has 0 aliphatic heterocycles. The highest BCUT2D eigenvalue weighted by molar-refractivity contribution is 5.95. The van der Waals surface area contributed by atoms with Crippen molar-refractivity contribution in [3.63, 3.8) is 0 Å². The average Bonchev–Trinajstić information content (AvgIpc) is 2.66. The topological polar surface area (TPSA) is 188 Å². The minimum atomic E-state index is -1.52. The Labute approximate surface area is 182 Å². The van der Waals surface area contributed by atoms with E-state index in [1.165, 1.54) is 0 Å². The van der Waals surface area contributed by atoms with Gasteiger partial charge in [0.15, 0.2) is 0 Å². The van der Waals surface area contributed by atoms with E-state index < -0.39 is 66.2 Å². The van der Waals surface area contributed by atoms with Crippen molar-refractivity contribution < 1.29 is 34.2 Å². The van der Waals surface area contributed by atoms with Crippen LogP contribution in [-0.4, -0.2) is 64.0 Å². The molecule has 0 spiro atoms. The van der Waals surface area contributed by atoms with Crippen LogP contribution in [0, 0.1) is 17.8 Å². The molecule has 0 bridgehead atoms. The number of rotatable bonds is 13. The summed E-state index contributed by atoms with van der Waals surface area (Å²) in [6.45, 7) is 10.2. The first-order valence-corrected chi connectivity index (χ1v) is 10.3. The van der Waals surface area contributed by atoms with Gasteiger partial charge in [0.1, 0.15) is 18.1 Å². The van der Waals surface area contributed by atoms with Crippen molar-refractivity contribution in [1.82, 2.24) is 16.0 Å². The van der Waals surface area contributed by atoms with Crippen LogP contribution in [0.25, 0.3) is 0 Å². The maximum Gasteiger partial charge on any atom is 0.326 e. The quantitative estimate of drug-likeness (QED) is 0.223. The van der Waals surface area contributed by atoms with Gasteiger partial charge >= 0.3 is 11.9 Å². The van der Waals surface area contributed by atoms with Crippen LogP contribution < -0.4 is 21.7 Å².